The molecule has 4 heterocycles. The van der Waals surface area contributed by atoms with Crippen molar-refractivity contribution in [3.8, 4) is 44.1 Å². The average molecular weight is 1320 g/mol. The fraction of sp³-hybridized carbons (Fsp3) is 0.424. The monoisotopic (exact) mass is 1320 g/mol. The van der Waals surface area contributed by atoms with Crippen LogP contribution in [-0.2, 0) is 49.4 Å². The molecule has 0 spiro atoms. The number of β-amino-alcohol motifs (C(OH)–C–C–N with tert-alkyl or cyclic N) is 1. The molecular weight excluding hydrogens is 1250 g/mol. The number of benzene rings is 4. The summed E-state index contributed by atoms with van der Waals surface area (Å²) in [5.74, 6) is -9.73. The van der Waals surface area contributed by atoms with Crippen molar-refractivity contribution in [1.29, 1.82) is 0 Å². The number of aromatic nitrogens is 2. The summed E-state index contributed by atoms with van der Waals surface area (Å²) in [5.41, 5.74) is 6.81. The molecule has 494 valence electrons. The Morgan fingerprint density at radius 2 is 1.36 bits per heavy atom. The van der Waals surface area contributed by atoms with Crippen LogP contribution in [-0.4, -0.2) is 214 Å². The molecule has 0 saturated carbocycles. The van der Waals surface area contributed by atoms with Crippen LogP contribution in [0.1, 0.15) is 55.5 Å². The van der Waals surface area contributed by atoms with Crippen LogP contribution in [0.3, 0.4) is 0 Å². The van der Waals surface area contributed by atoms with Crippen LogP contribution in [0.4, 0.5) is 0 Å². The number of phenolic OH excluding ortho intramolecular Hbond substituents is 1. The Bertz CT molecular complexity index is 3390. The Labute approximate surface area is 533 Å². The maximum absolute atomic E-state index is 14.7. The minimum absolute atomic E-state index is 0.00715. The standard InChI is InChI=1S/C59H70N10O21S2/c1-29-27-69-49(50(29)77)55(82)61-26-35(71)23-39(62-51(78)32-10-12-33(13-11-32)56-66-67-57(91-56)34-14-16-38(17-15-34)87-20-6-19-86-37-7-4-3-5-8-37)52(79)63-46(30(2)70)58(83)68-28-36(72)24-40(68)53(80)64-47(54(81)65-48(59(69)84)43(75)25-45(60)76)42(74)21-31-9-18-41(73)44(22-31)88-92-90-89-85/h3-5,7-18,22,29-30,35-36,39-40,42-43,46-50,70-75,77,85H,6,19-21,23-28H2,1-2H3,(H2,60,76)(H,61,82)(H,62,78)(H,63,79)(H,64,80)(H,65,81)/t29?,30?,35?,36?,39-,40?,42?,43?,46?,47?,48?,49?,50?/m0/s1. The van der Waals surface area contributed by atoms with Crippen molar-refractivity contribution in [2.75, 3.05) is 32.8 Å². The minimum atomic E-state index is -2.22. The number of hydrogen-bond acceptors (Lipinski definition) is 25. The van der Waals surface area contributed by atoms with Gasteiger partial charge in [-0.3, -0.25) is 38.4 Å². The van der Waals surface area contributed by atoms with E-state index in [1.165, 1.54) is 36.5 Å². The molecule has 0 bridgehead atoms. The van der Waals surface area contributed by atoms with Gasteiger partial charge in [0.25, 0.3) is 18.2 Å². The van der Waals surface area contributed by atoms with Crippen molar-refractivity contribution in [2.45, 2.75) is 119 Å². The van der Waals surface area contributed by atoms with Gasteiger partial charge in [0.05, 0.1) is 56.3 Å². The largest absolute Gasteiger partial charge is 0.504 e. The summed E-state index contributed by atoms with van der Waals surface area (Å²) < 4.78 is 20.9. The molecule has 3 aliphatic heterocycles. The Morgan fingerprint density at radius 1 is 0.739 bits per heavy atom. The van der Waals surface area contributed by atoms with Crippen molar-refractivity contribution in [1.82, 2.24) is 46.6 Å². The summed E-state index contributed by atoms with van der Waals surface area (Å²) in [6.45, 7) is 1.75. The average Bonchev–Trinajstić information content (AvgIpc) is 1.62. The third-order valence-electron chi connectivity index (χ3n) is 15.3. The molecule has 13 atom stereocenters. The number of para-hydroxylation sites is 1. The summed E-state index contributed by atoms with van der Waals surface area (Å²) in [5, 5.41) is 112. The number of amides is 8. The number of aliphatic hydroxyl groups excluding tert-OH is 6. The number of carbonyl (C=O) groups excluding carboxylic acids is 8. The minimum Gasteiger partial charge on any atom is -0.504 e. The topological polar surface area (TPSA) is 463 Å². The van der Waals surface area contributed by atoms with E-state index in [0.717, 1.165) is 40.2 Å². The van der Waals surface area contributed by atoms with E-state index in [1.807, 2.05) is 54.6 Å². The molecule has 0 aliphatic carbocycles. The van der Waals surface area contributed by atoms with E-state index in [2.05, 4.69) is 46.2 Å². The second kappa shape index (κ2) is 32.1. The van der Waals surface area contributed by atoms with E-state index in [1.54, 1.807) is 12.1 Å². The first-order chi connectivity index (χ1) is 44.0. The predicted molar refractivity (Wildman–Crippen MR) is 323 cm³/mol. The van der Waals surface area contributed by atoms with Crippen LogP contribution in [0.2, 0.25) is 0 Å². The van der Waals surface area contributed by atoms with Crippen LogP contribution in [0.5, 0.6) is 23.0 Å². The molecule has 15 N–H and O–H groups in total. The van der Waals surface area contributed by atoms with E-state index >= 15 is 0 Å². The highest BCUT2D eigenvalue weighted by Crippen LogP contribution is 2.33. The number of primary amides is 1. The molecule has 33 heteroatoms. The number of nitrogens with one attached hydrogen (secondary N) is 5. The van der Waals surface area contributed by atoms with Crippen molar-refractivity contribution in [3.05, 3.63) is 108 Å². The van der Waals surface area contributed by atoms with Gasteiger partial charge < -0.3 is 91.5 Å². The SMILES string of the molecule is CC(O)C1NC(=O)[C@@H](NC(=O)c2ccc(-c3nnc(-c4ccc(OCCCOc5ccccc5)cc4)s3)cc2)CC(O)CNC(=O)C2C(O)C(C)CN2C(=O)C(C(O)CC(N)=O)NC(=O)C(C(O)Cc2ccc(O)c(OSOOO)c2)NC(=O)C2CC(O)CN2C1=O. The van der Waals surface area contributed by atoms with E-state index in [9.17, 15) is 74.1 Å². The van der Waals surface area contributed by atoms with Crippen LogP contribution < -0.4 is 46.0 Å². The first-order valence-electron chi connectivity index (χ1n) is 29.0. The third kappa shape index (κ3) is 17.9. The van der Waals surface area contributed by atoms with Gasteiger partial charge in [0.1, 0.15) is 57.8 Å². The van der Waals surface area contributed by atoms with Crippen molar-refractivity contribution < 1.29 is 102 Å². The molecule has 3 aliphatic rings. The Hall–Kier alpha value is -8.61. The second-order valence-corrected chi connectivity index (χ2v) is 23.6. The van der Waals surface area contributed by atoms with Gasteiger partial charge in [0.15, 0.2) is 11.5 Å². The molecule has 31 nitrogen and oxygen atoms in total. The molecular formula is C59H70N10O21S2. The molecule has 8 rings (SSSR count). The maximum Gasteiger partial charge on any atom is 0.261 e. The molecule has 3 fully saturated rings. The number of carbonyl (C=O) groups is 8. The molecule has 3 saturated heterocycles. The number of phenols is 1. The molecule has 8 amide bonds. The lowest BCUT2D eigenvalue weighted by Gasteiger charge is -2.33. The number of nitrogens with two attached hydrogens (primary N) is 1. The predicted octanol–water partition coefficient (Wildman–Crippen LogP) is -1.39. The van der Waals surface area contributed by atoms with E-state index in [0.29, 0.717) is 41.0 Å². The second-order valence-electron chi connectivity index (χ2n) is 22.1. The van der Waals surface area contributed by atoms with Crippen molar-refractivity contribution in [2.24, 2.45) is 11.7 Å². The zero-order valence-electron chi connectivity index (χ0n) is 49.4. The normalized spacial score (nSPS) is 24.5. The van der Waals surface area contributed by atoms with Gasteiger partial charge in [-0.2, -0.15) is 0 Å². The van der Waals surface area contributed by atoms with Crippen LogP contribution in [0.15, 0.2) is 97.1 Å². The first kappa shape index (κ1) is 69.3. The zero-order chi connectivity index (χ0) is 66.3. The number of hydrogen-bond donors (Lipinski definition) is 14. The Balaban J connectivity index is 1.04. The van der Waals surface area contributed by atoms with Crippen LogP contribution >= 0.6 is 23.7 Å². The fourth-order valence-electron chi connectivity index (χ4n) is 10.5. The van der Waals surface area contributed by atoms with Crippen LogP contribution in [0.25, 0.3) is 21.1 Å². The lowest BCUT2D eigenvalue weighted by molar-refractivity contribution is -0.433. The van der Waals surface area contributed by atoms with Gasteiger partial charge in [-0.05, 0) is 73.2 Å². The summed E-state index contributed by atoms with van der Waals surface area (Å²) in [4.78, 5) is 115. The highest BCUT2D eigenvalue weighted by Gasteiger charge is 2.50. The number of nitrogens with zero attached hydrogens (tertiary/aromatic N) is 4. The van der Waals surface area contributed by atoms with E-state index in [-0.39, 0.29) is 29.2 Å². The van der Waals surface area contributed by atoms with Crippen LogP contribution in [0, 0.1) is 5.92 Å². The summed E-state index contributed by atoms with van der Waals surface area (Å²) in [6.07, 6.45) is -13.0. The number of aromatic hydroxyl groups is 1. The highest BCUT2D eigenvalue weighted by molar-refractivity contribution is 7.90. The van der Waals surface area contributed by atoms with E-state index in [4.69, 9.17) is 24.6 Å². The summed E-state index contributed by atoms with van der Waals surface area (Å²) in [6, 6.07) is 14.5. The fourth-order valence-corrected chi connectivity index (χ4v) is 11.6. The van der Waals surface area contributed by atoms with Gasteiger partial charge in [-0.25, -0.2) is 5.26 Å². The molecule has 12 unspecified atom stereocenters. The Kier molecular flexibility index (Phi) is 24.2. The Morgan fingerprint density at radius 3 is 2.00 bits per heavy atom. The smallest absolute Gasteiger partial charge is 0.261 e. The lowest BCUT2D eigenvalue weighted by Crippen LogP contribution is -2.64. The lowest BCUT2D eigenvalue weighted by atomic mass is 9.98. The third-order valence-corrected chi connectivity index (χ3v) is 16.7. The number of ether oxygens (including phenoxy) is 2. The van der Waals surface area contributed by atoms with Gasteiger partial charge in [0, 0.05) is 67.9 Å². The molecule has 5 aromatic rings. The van der Waals surface area contributed by atoms with Gasteiger partial charge in [0.2, 0.25) is 41.4 Å². The quantitative estimate of drug-likeness (QED) is 0.0174. The number of rotatable bonds is 21. The maximum atomic E-state index is 14.7. The number of fused-ring (bicyclic) bond motifs is 2. The molecule has 4 aromatic carbocycles. The molecule has 0 radical (unpaired) electrons. The van der Waals surface area contributed by atoms with E-state index < -0.39 is 177 Å². The van der Waals surface area contributed by atoms with Gasteiger partial charge >= 0.3 is 0 Å². The van der Waals surface area contributed by atoms with Gasteiger partial charge in [-0.1, -0.05) is 64.0 Å². The molecule has 1 aromatic heterocycles. The van der Waals surface area contributed by atoms with Gasteiger partial charge in [-0.15, -0.1) is 10.2 Å². The number of aliphatic hydroxyl groups is 6. The summed E-state index contributed by atoms with van der Waals surface area (Å²) >= 11 is 1.32. The van der Waals surface area contributed by atoms with Crippen molar-refractivity contribution in [3.63, 3.8) is 0 Å². The van der Waals surface area contributed by atoms with Crippen molar-refractivity contribution >= 4 is 70.9 Å². The first-order valence-corrected chi connectivity index (χ1v) is 30.4. The molecule has 92 heavy (non-hydrogen) atoms. The highest BCUT2D eigenvalue weighted by atomic mass is 32.2. The summed E-state index contributed by atoms with van der Waals surface area (Å²) in [7, 11) is 0. The zero-order valence-corrected chi connectivity index (χ0v) is 51.0.